The third-order valence-corrected chi connectivity index (χ3v) is 5.59. The number of nitrogens with zero attached hydrogens (tertiary/aromatic N) is 3. The Kier molecular flexibility index (Phi) is 6.92. The van der Waals surface area contributed by atoms with Gasteiger partial charge in [0.1, 0.15) is 11.5 Å². The van der Waals surface area contributed by atoms with E-state index in [9.17, 15) is 9.59 Å². The molecule has 0 aliphatic carbocycles. The number of carbonyl (C=O) groups is 2. The number of ether oxygens (including phenoxy) is 1. The number of halogens is 1. The molecular weight excluding hydrogens is 462 g/mol. The molecule has 0 aliphatic rings. The molecule has 1 aromatic heterocycles. The average molecular weight is 480 g/mol. The third-order valence-electron chi connectivity index (χ3n) is 4.40. The highest BCUT2D eigenvalue weighted by Crippen LogP contribution is 2.30. The summed E-state index contributed by atoms with van der Waals surface area (Å²) in [5.41, 5.74) is 6.57. The van der Waals surface area contributed by atoms with Crippen molar-refractivity contribution in [2.45, 2.75) is 5.16 Å². The standard InChI is InChI=1S/C23H18ClN5O3S/c24-16-8-6-15(7-9-16)21-27-28-23(33-14-20(30)26-22(25)31)29(21)17-10-12-19(13-11-17)32-18-4-2-1-3-5-18/h1-13H,14H2,(H3,25,26,30,31). The second-order valence-corrected chi connectivity index (χ2v) is 8.14. The van der Waals surface area contributed by atoms with Crippen molar-refractivity contribution in [2.24, 2.45) is 5.73 Å². The van der Waals surface area contributed by atoms with Crippen molar-refractivity contribution in [3.8, 4) is 28.6 Å². The number of hydrogen-bond donors (Lipinski definition) is 2. The van der Waals surface area contributed by atoms with Crippen LogP contribution in [0.3, 0.4) is 0 Å². The summed E-state index contributed by atoms with van der Waals surface area (Å²) in [7, 11) is 0. The Balaban J connectivity index is 1.65. The first-order chi connectivity index (χ1) is 16.0. The molecule has 4 rings (SSSR count). The molecule has 4 aromatic rings. The lowest BCUT2D eigenvalue weighted by Gasteiger charge is -2.12. The summed E-state index contributed by atoms with van der Waals surface area (Å²) in [5, 5.41) is 11.7. The minimum atomic E-state index is -0.905. The molecule has 0 saturated carbocycles. The number of aromatic nitrogens is 3. The quantitative estimate of drug-likeness (QED) is 0.372. The van der Waals surface area contributed by atoms with E-state index in [0.29, 0.717) is 21.8 Å². The Morgan fingerprint density at radius 2 is 1.61 bits per heavy atom. The van der Waals surface area contributed by atoms with E-state index < -0.39 is 11.9 Å². The van der Waals surface area contributed by atoms with Gasteiger partial charge in [-0.2, -0.15) is 0 Å². The minimum Gasteiger partial charge on any atom is -0.457 e. The van der Waals surface area contributed by atoms with Crippen molar-refractivity contribution < 1.29 is 14.3 Å². The number of para-hydroxylation sites is 1. The Labute approximate surface area is 198 Å². The van der Waals surface area contributed by atoms with Crippen LogP contribution in [0.25, 0.3) is 17.1 Å². The number of thioether (sulfide) groups is 1. The van der Waals surface area contributed by atoms with Crippen molar-refractivity contribution >= 4 is 35.3 Å². The summed E-state index contributed by atoms with van der Waals surface area (Å²) < 4.78 is 7.69. The van der Waals surface area contributed by atoms with E-state index >= 15 is 0 Å². The molecular formula is C23H18ClN5O3S. The van der Waals surface area contributed by atoms with Gasteiger partial charge in [0.15, 0.2) is 11.0 Å². The van der Waals surface area contributed by atoms with Gasteiger partial charge in [0.2, 0.25) is 5.91 Å². The Hall–Kier alpha value is -3.82. The van der Waals surface area contributed by atoms with E-state index in [1.165, 1.54) is 0 Å². The van der Waals surface area contributed by atoms with E-state index in [0.717, 1.165) is 28.8 Å². The molecule has 0 bridgehead atoms. The molecule has 1 heterocycles. The molecule has 166 valence electrons. The number of amides is 3. The van der Waals surface area contributed by atoms with Gasteiger partial charge in [-0.3, -0.25) is 14.7 Å². The molecule has 8 nitrogen and oxygen atoms in total. The van der Waals surface area contributed by atoms with Crippen molar-refractivity contribution in [2.75, 3.05) is 5.75 Å². The normalized spacial score (nSPS) is 10.6. The monoisotopic (exact) mass is 479 g/mol. The number of imide groups is 1. The SMILES string of the molecule is NC(=O)NC(=O)CSc1nnc(-c2ccc(Cl)cc2)n1-c1ccc(Oc2ccccc2)cc1. The van der Waals surface area contributed by atoms with Crippen LogP contribution in [0.5, 0.6) is 11.5 Å². The van der Waals surface area contributed by atoms with Gasteiger partial charge in [-0.1, -0.05) is 41.6 Å². The zero-order chi connectivity index (χ0) is 23.2. The lowest BCUT2D eigenvalue weighted by Crippen LogP contribution is -2.36. The zero-order valence-corrected chi connectivity index (χ0v) is 18.7. The zero-order valence-electron chi connectivity index (χ0n) is 17.1. The molecule has 0 saturated heterocycles. The molecule has 3 aromatic carbocycles. The predicted octanol–water partition coefficient (Wildman–Crippen LogP) is 4.67. The molecule has 0 radical (unpaired) electrons. The average Bonchev–Trinajstić information content (AvgIpc) is 3.23. The fourth-order valence-corrected chi connectivity index (χ4v) is 3.85. The van der Waals surface area contributed by atoms with E-state index in [1.54, 1.807) is 12.1 Å². The highest BCUT2D eigenvalue weighted by atomic mass is 35.5. The van der Waals surface area contributed by atoms with E-state index in [-0.39, 0.29) is 5.75 Å². The molecule has 3 amide bonds. The van der Waals surface area contributed by atoms with Crippen molar-refractivity contribution in [3.05, 3.63) is 83.9 Å². The largest absolute Gasteiger partial charge is 0.457 e. The summed E-state index contributed by atoms with van der Waals surface area (Å²) in [4.78, 5) is 22.8. The third kappa shape index (κ3) is 5.71. The van der Waals surface area contributed by atoms with Crippen LogP contribution in [0.4, 0.5) is 4.79 Å². The number of primary amides is 1. The van der Waals surface area contributed by atoms with Gasteiger partial charge in [0, 0.05) is 16.3 Å². The van der Waals surface area contributed by atoms with Crippen molar-refractivity contribution in [1.29, 1.82) is 0 Å². The number of rotatable bonds is 7. The smallest absolute Gasteiger partial charge is 0.318 e. The van der Waals surface area contributed by atoms with Crippen molar-refractivity contribution in [1.82, 2.24) is 20.1 Å². The fraction of sp³-hybridized carbons (Fsp3) is 0.0435. The molecule has 0 aliphatic heterocycles. The van der Waals surface area contributed by atoms with Crippen LogP contribution in [0.2, 0.25) is 5.02 Å². The number of urea groups is 1. The van der Waals surface area contributed by atoms with Gasteiger partial charge in [-0.05, 0) is 60.7 Å². The number of benzene rings is 3. The summed E-state index contributed by atoms with van der Waals surface area (Å²) in [6.07, 6.45) is 0. The Morgan fingerprint density at radius 3 is 2.27 bits per heavy atom. The molecule has 0 spiro atoms. The highest BCUT2D eigenvalue weighted by molar-refractivity contribution is 7.99. The summed E-state index contributed by atoms with van der Waals surface area (Å²) in [6.45, 7) is 0. The van der Waals surface area contributed by atoms with Crippen LogP contribution >= 0.6 is 23.4 Å². The van der Waals surface area contributed by atoms with Crippen LogP contribution in [0.15, 0.2) is 84.0 Å². The maximum Gasteiger partial charge on any atom is 0.318 e. The van der Waals surface area contributed by atoms with Gasteiger partial charge in [-0.25, -0.2) is 4.79 Å². The van der Waals surface area contributed by atoms with Gasteiger partial charge >= 0.3 is 6.03 Å². The van der Waals surface area contributed by atoms with Crippen LogP contribution in [0.1, 0.15) is 0 Å². The van der Waals surface area contributed by atoms with Gasteiger partial charge in [0.25, 0.3) is 0 Å². The summed E-state index contributed by atoms with van der Waals surface area (Å²) in [6, 6.07) is 23.2. The first kappa shape index (κ1) is 22.4. The molecule has 0 unspecified atom stereocenters. The Morgan fingerprint density at radius 1 is 0.939 bits per heavy atom. The predicted molar refractivity (Wildman–Crippen MR) is 127 cm³/mol. The second-order valence-electron chi connectivity index (χ2n) is 6.76. The first-order valence-corrected chi connectivity index (χ1v) is 11.1. The minimum absolute atomic E-state index is 0.0586. The number of nitrogens with two attached hydrogens (primary N) is 1. The maximum absolute atomic E-state index is 11.9. The topological polar surface area (TPSA) is 112 Å². The van der Waals surface area contributed by atoms with E-state index in [2.05, 4.69) is 10.2 Å². The van der Waals surface area contributed by atoms with Crippen LogP contribution in [-0.2, 0) is 4.79 Å². The summed E-state index contributed by atoms with van der Waals surface area (Å²) in [5.74, 6) is 1.38. The van der Waals surface area contributed by atoms with Crippen molar-refractivity contribution in [3.63, 3.8) is 0 Å². The lowest BCUT2D eigenvalue weighted by atomic mass is 10.2. The molecule has 0 fully saturated rings. The lowest BCUT2D eigenvalue weighted by molar-refractivity contribution is -0.117. The summed E-state index contributed by atoms with van der Waals surface area (Å²) >= 11 is 7.16. The molecule has 3 N–H and O–H groups in total. The number of carbonyl (C=O) groups excluding carboxylic acids is 2. The maximum atomic E-state index is 11.9. The van der Waals surface area contributed by atoms with Gasteiger partial charge in [0.05, 0.1) is 5.75 Å². The van der Waals surface area contributed by atoms with Crippen LogP contribution < -0.4 is 15.8 Å². The first-order valence-electron chi connectivity index (χ1n) is 9.76. The second kappa shape index (κ2) is 10.2. The Bertz CT molecular complexity index is 1260. The number of hydrogen-bond acceptors (Lipinski definition) is 6. The molecule has 10 heteroatoms. The van der Waals surface area contributed by atoms with E-state index in [4.69, 9.17) is 22.1 Å². The fourth-order valence-electron chi connectivity index (χ4n) is 2.97. The highest BCUT2D eigenvalue weighted by Gasteiger charge is 2.18. The number of nitrogens with one attached hydrogen (secondary N) is 1. The van der Waals surface area contributed by atoms with Crippen LogP contribution in [0, 0.1) is 0 Å². The van der Waals surface area contributed by atoms with Gasteiger partial charge in [-0.15, -0.1) is 10.2 Å². The van der Waals surface area contributed by atoms with E-state index in [1.807, 2.05) is 76.6 Å². The van der Waals surface area contributed by atoms with Gasteiger partial charge < -0.3 is 10.5 Å². The molecule has 33 heavy (non-hydrogen) atoms. The molecule has 0 atom stereocenters. The van der Waals surface area contributed by atoms with Crippen LogP contribution in [-0.4, -0.2) is 32.5 Å².